The van der Waals surface area contributed by atoms with Gasteiger partial charge in [-0.2, -0.15) is 0 Å². The average molecular weight is 521 g/mol. The van der Waals surface area contributed by atoms with Gasteiger partial charge in [-0.15, -0.1) is 0 Å². The third kappa shape index (κ3) is 4.65. The molecule has 2 heterocycles. The molecule has 7 nitrogen and oxygen atoms in total. The second kappa shape index (κ2) is 9.77. The molecule has 38 heavy (non-hydrogen) atoms. The highest BCUT2D eigenvalue weighted by molar-refractivity contribution is 6.12. The summed E-state index contributed by atoms with van der Waals surface area (Å²) < 4.78 is 42.2. The Labute approximate surface area is 216 Å². The van der Waals surface area contributed by atoms with Gasteiger partial charge in [0, 0.05) is 24.4 Å². The van der Waals surface area contributed by atoms with Crippen LogP contribution >= 0.6 is 0 Å². The van der Waals surface area contributed by atoms with E-state index in [0.717, 1.165) is 30.2 Å². The predicted octanol–water partition coefficient (Wildman–Crippen LogP) is 3.51. The molecule has 3 aromatic rings. The van der Waals surface area contributed by atoms with Crippen molar-refractivity contribution in [3.8, 4) is 0 Å². The van der Waals surface area contributed by atoms with E-state index in [0.29, 0.717) is 23.7 Å². The van der Waals surface area contributed by atoms with Crippen molar-refractivity contribution in [1.82, 2.24) is 10.6 Å². The van der Waals surface area contributed by atoms with Crippen molar-refractivity contribution in [3.63, 3.8) is 0 Å². The molecule has 0 saturated heterocycles. The number of benzene rings is 3. The fourth-order valence-electron chi connectivity index (χ4n) is 4.71. The number of hydrogen-bond donors (Lipinski definition) is 2. The van der Waals surface area contributed by atoms with E-state index in [1.165, 1.54) is 6.21 Å². The van der Waals surface area contributed by atoms with E-state index in [4.69, 9.17) is 0 Å². The summed E-state index contributed by atoms with van der Waals surface area (Å²) in [6.07, 6.45) is 0.521. The van der Waals surface area contributed by atoms with Gasteiger partial charge in [-0.25, -0.2) is 13.2 Å². The van der Waals surface area contributed by atoms with Crippen LogP contribution in [0.25, 0.3) is 0 Å². The Morgan fingerprint density at radius 3 is 2.45 bits per heavy atom. The number of carbonyl (C=O) groups is 3. The molecule has 2 N–H and O–H groups in total. The van der Waals surface area contributed by atoms with Crippen LogP contribution in [0.5, 0.6) is 0 Å². The van der Waals surface area contributed by atoms with E-state index < -0.39 is 47.7 Å². The first-order valence-corrected chi connectivity index (χ1v) is 11.9. The Bertz CT molecular complexity index is 1440. The third-order valence-electron chi connectivity index (χ3n) is 6.63. The molecule has 0 aliphatic carbocycles. The molecule has 2 aliphatic heterocycles. The number of aliphatic imine (C=N–C) groups is 1. The summed E-state index contributed by atoms with van der Waals surface area (Å²) in [6.45, 7) is 0.329. The first-order chi connectivity index (χ1) is 18.1. The van der Waals surface area contributed by atoms with Crippen LogP contribution in [-0.4, -0.2) is 35.8 Å². The molecule has 3 atom stereocenters. The van der Waals surface area contributed by atoms with Crippen LogP contribution in [0.2, 0.25) is 0 Å². The molecule has 5 rings (SSSR count). The maximum Gasteiger partial charge on any atom is 0.272 e. The molecular weight excluding hydrogens is 497 g/mol. The lowest BCUT2D eigenvalue weighted by molar-refractivity contribution is -0.146. The smallest absolute Gasteiger partial charge is 0.272 e. The highest BCUT2D eigenvalue weighted by Gasteiger charge is 2.46. The molecule has 2 aliphatic rings. The van der Waals surface area contributed by atoms with Gasteiger partial charge in [-0.05, 0) is 42.2 Å². The first-order valence-electron chi connectivity index (χ1n) is 11.9. The van der Waals surface area contributed by atoms with Crippen LogP contribution in [0.1, 0.15) is 35.2 Å². The first kappa shape index (κ1) is 25.2. The van der Waals surface area contributed by atoms with Gasteiger partial charge >= 0.3 is 0 Å². The number of alkyl halides is 1. The fourth-order valence-corrected chi connectivity index (χ4v) is 4.71. The summed E-state index contributed by atoms with van der Waals surface area (Å²) in [5.74, 6) is -5.01. The summed E-state index contributed by atoms with van der Waals surface area (Å²) in [7, 11) is 0. The normalized spacial score (nSPS) is 19.4. The molecule has 10 heteroatoms. The van der Waals surface area contributed by atoms with Crippen LogP contribution in [-0.2, 0) is 27.3 Å². The largest absolute Gasteiger partial charge is 0.349 e. The van der Waals surface area contributed by atoms with Crippen LogP contribution in [0, 0.1) is 11.6 Å². The van der Waals surface area contributed by atoms with Crippen LogP contribution in [0.15, 0.2) is 71.7 Å². The molecule has 0 aromatic heterocycles. The maximum absolute atomic E-state index is 15.4. The predicted molar refractivity (Wildman–Crippen MR) is 134 cm³/mol. The number of halogens is 3. The van der Waals surface area contributed by atoms with Crippen molar-refractivity contribution in [3.05, 3.63) is 101 Å². The molecule has 0 fully saturated rings. The number of rotatable bonds is 6. The van der Waals surface area contributed by atoms with Gasteiger partial charge in [0.05, 0.1) is 11.7 Å². The second-order valence-corrected chi connectivity index (χ2v) is 9.31. The van der Waals surface area contributed by atoms with Crippen molar-refractivity contribution in [1.29, 1.82) is 0 Å². The van der Waals surface area contributed by atoms with Crippen molar-refractivity contribution in [2.45, 2.75) is 37.8 Å². The van der Waals surface area contributed by atoms with E-state index in [1.807, 2.05) is 42.5 Å². The van der Waals surface area contributed by atoms with Gasteiger partial charge in [0.25, 0.3) is 23.4 Å². The van der Waals surface area contributed by atoms with Crippen molar-refractivity contribution in [2.24, 2.45) is 4.99 Å². The Morgan fingerprint density at radius 2 is 1.74 bits per heavy atom. The highest BCUT2D eigenvalue weighted by Crippen LogP contribution is 2.43. The molecule has 0 bridgehead atoms. The lowest BCUT2D eigenvalue weighted by Crippen LogP contribution is -2.57. The monoisotopic (exact) mass is 520 g/mol. The Morgan fingerprint density at radius 1 is 1.03 bits per heavy atom. The molecule has 0 saturated carbocycles. The van der Waals surface area contributed by atoms with Gasteiger partial charge < -0.3 is 15.5 Å². The SMILES string of the molecule is CC(F)(C(=O)NCc1cc(F)cc(F)c1)C(=O)NC1N=Cc2cccc3c2N(C1=O)C(c1ccccc1)C3. The van der Waals surface area contributed by atoms with Gasteiger partial charge in [0.2, 0.25) is 6.17 Å². The van der Waals surface area contributed by atoms with Crippen LogP contribution in [0.4, 0.5) is 18.9 Å². The molecule has 0 radical (unpaired) electrons. The minimum absolute atomic E-state index is 0.0464. The van der Waals surface area contributed by atoms with E-state index in [2.05, 4.69) is 15.6 Å². The average Bonchev–Trinajstić information content (AvgIpc) is 3.23. The molecule has 0 spiro atoms. The lowest BCUT2D eigenvalue weighted by Gasteiger charge is -2.29. The molecular formula is C28H23F3N4O3. The summed E-state index contributed by atoms with van der Waals surface area (Å²) in [5, 5.41) is 4.42. The van der Waals surface area contributed by atoms with Gasteiger partial charge in [0.15, 0.2) is 0 Å². The second-order valence-electron chi connectivity index (χ2n) is 9.31. The zero-order valence-electron chi connectivity index (χ0n) is 20.3. The van der Waals surface area contributed by atoms with Crippen molar-refractivity contribution in [2.75, 3.05) is 4.90 Å². The van der Waals surface area contributed by atoms with E-state index >= 15 is 4.39 Å². The summed E-state index contributed by atoms with van der Waals surface area (Å²) in [4.78, 5) is 44.8. The Hall–Kier alpha value is -4.47. The lowest BCUT2D eigenvalue weighted by atomic mass is 10.0. The van der Waals surface area contributed by atoms with Gasteiger partial charge in [0.1, 0.15) is 11.6 Å². The minimum Gasteiger partial charge on any atom is -0.349 e. The summed E-state index contributed by atoms with van der Waals surface area (Å²) >= 11 is 0. The number of para-hydroxylation sites is 1. The van der Waals surface area contributed by atoms with E-state index in [-0.39, 0.29) is 11.6 Å². The summed E-state index contributed by atoms with van der Waals surface area (Å²) in [5.41, 5.74) is 0.120. The fraction of sp³-hybridized carbons (Fsp3) is 0.214. The quantitative estimate of drug-likeness (QED) is 0.488. The summed E-state index contributed by atoms with van der Waals surface area (Å²) in [6, 6.07) is 17.2. The standard InChI is InChI=1S/C28H23F3N4O3/c1-28(31,26(37)33-14-16-10-20(29)13-21(30)11-16)27(38)34-24-25(36)35-22(17-6-3-2-4-7-17)12-18-8-5-9-19(15-32-24)23(18)35/h2-11,13,15,22,24H,12,14H2,1H3,(H,33,37)(H,34,38). The van der Waals surface area contributed by atoms with Crippen LogP contribution < -0.4 is 15.5 Å². The van der Waals surface area contributed by atoms with E-state index in [9.17, 15) is 23.2 Å². The number of hydrogen-bond acceptors (Lipinski definition) is 4. The molecule has 194 valence electrons. The molecule has 3 aromatic carbocycles. The number of amides is 3. The highest BCUT2D eigenvalue weighted by atomic mass is 19.1. The number of carbonyl (C=O) groups excluding carboxylic acids is 3. The van der Waals surface area contributed by atoms with E-state index in [1.54, 1.807) is 11.0 Å². The van der Waals surface area contributed by atoms with Gasteiger partial charge in [-0.3, -0.25) is 19.4 Å². The van der Waals surface area contributed by atoms with Crippen molar-refractivity contribution >= 4 is 29.6 Å². The van der Waals surface area contributed by atoms with Gasteiger partial charge in [-0.1, -0.05) is 48.5 Å². The number of nitrogens with zero attached hydrogens (tertiary/aromatic N) is 2. The van der Waals surface area contributed by atoms with Crippen molar-refractivity contribution < 1.29 is 27.6 Å². The molecule has 3 amide bonds. The zero-order valence-corrected chi connectivity index (χ0v) is 20.3. The Kier molecular flexibility index (Phi) is 6.48. The minimum atomic E-state index is -3.10. The van der Waals surface area contributed by atoms with Crippen LogP contribution in [0.3, 0.4) is 0 Å². The molecule has 3 unspecified atom stereocenters. The number of anilines is 1. The zero-order chi connectivity index (χ0) is 27.0. The maximum atomic E-state index is 15.4. The Balaban J connectivity index is 1.35. The number of nitrogens with one attached hydrogen (secondary N) is 2. The third-order valence-corrected chi connectivity index (χ3v) is 6.63. The topological polar surface area (TPSA) is 90.9 Å².